The maximum absolute atomic E-state index is 12.5. The summed E-state index contributed by atoms with van der Waals surface area (Å²) in [6.07, 6.45) is 0. The van der Waals surface area contributed by atoms with Crippen molar-refractivity contribution in [3.05, 3.63) is 74.5 Å². The number of carbonyl (C=O) groups is 1. The maximum atomic E-state index is 12.5. The molecule has 126 valence electrons. The van der Waals surface area contributed by atoms with Gasteiger partial charge in [0.15, 0.2) is 0 Å². The number of aromatic nitrogens is 1. The minimum absolute atomic E-state index is 0.0398. The van der Waals surface area contributed by atoms with E-state index in [0.29, 0.717) is 28.1 Å². The molecule has 0 spiro atoms. The summed E-state index contributed by atoms with van der Waals surface area (Å²) in [6, 6.07) is 10.2. The Morgan fingerprint density at radius 3 is 2.64 bits per heavy atom. The summed E-state index contributed by atoms with van der Waals surface area (Å²) >= 11 is 0. The monoisotopic (exact) mass is 337 g/mol. The smallest absolute Gasteiger partial charge is 0.337 e. The molecule has 1 aliphatic heterocycles. The van der Waals surface area contributed by atoms with E-state index in [4.69, 9.17) is 10.5 Å². The van der Waals surface area contributed by atoms with E-state index in [-0.39, 0.29) is 17.0 Å². The third-order valence-corrected chi connectivity index (χ3v) is 4.02. The van der Waals surface area contributed by atoms with Gasteiger partial charge in [0, 0.05) is 11.8 Å². The molecule has 1 atom stereocenters. The number of ether oxygens (including phenoxy) is 2. The quantitative estimate of drug-likeness (QED) is 0.805. The number of esters is 1. The lowest BCUT2D eigenvalue weighted by atomic mass is 9.84. The van der Waals surface area contributed by atoms with Gasteiger partial charge in [0.05, 0.1) is 24.2 Å². The number of pyridine rings is 1. The first-order chi connectivity index (χ1) is 12.0. The largest absolute Gasteiger partial charge is 0.465 e. The van der Waals surface area contributed by atoms with Gasteiger partial charge in [-0.05, 0) is 24.6 Å². The van der Waals surface area contributed by atoms with Crippen LogP contribution in [0.4, 0.5) is 0 Å². The second-order valence-corrected chi connectivity index (χ2v) is 5.60. The molecule has 0 fully saturated rings. The number of rotatable bonds is 2. The number of aryl methyl sites for hydroxylation is 1. The van der Waals surface area contributed by atoms with Crippen LogP contribution in [0.1, 0.15) is 33.1 Å². The van der Waals surface area contributed by atoms with Gasteiger partial charge in [-0.2, -0.15) is 5.26 Å². The van der Waals surface area contributed by atoms with Crippen molar-refractivity contribution in [3.8, 4) is 11.8 Å². The molecule has 0 saturated carbocycles. The zero-order valence-electron chi connectivity index (χ0n) is 13.6. The predicted molar refractivity (Wildman–Crippen MR) is 88.9 cm³/mol. The van der Waals surface area contributed by atoms with Crippen LogP contribution in [0, 0.1) is 18.3 Å². The van der Waals surface area contributed by atoms with E-state index in [1.165, 1.54) is 7.11 Å². The van der Waals surface area contributed by atoms with E-state index in [2.05, 4.69) is 9.72 Å². The highest BCUT2D eigenvalue weighted by molar-refractivity contribution is 5.89. The number of nitriles is 1. The van der Waals surface area contributed by atoms with Crippen molar-refractivity contribution in [3.63, 3.8) is 0 Å². The summed E-state index contributed by atoms with van der Waals surface area (Å²) in [4.78, 5) is 26.8. The highest BCUT2D eigenvalue weighted by Gasteiger charge is 2.33. The van der Waals surface area contributed by atoms with Crippen molar-refractivity contribution in [1.82, 2.24) is 4.98 Å². The molecule has 7 heteroatoms. The Morgan fingerprint density at radius 1 is 1.36 bits per heavy atom. The summed E-state index contributed by atoms with van der Waals surface area (Å²) in [6.45, 7) is 1.73. The van der Waals surface area contributed by atoms with Crippen molar-refractivity contribution in [2.24, 2.45) is 5.73 Å². The van der Waals surface area contributed by atoms with Crippen LogP contribution in [0.2, 0.25) is 0 Å². The van der Waals surface area contributed by atoms with Crippen molar-refractivity contribution in [2.45, 2.75) is 12.8 Å². The molecular weight excluding hydrogens is 322 g/mol. The van der Waals surface area contributed by atoms with E-state index in [1.807, 2.05) is 6.07 Å². The van der Waals surface area contributed by atoms with Crippen molar-refractivity contribution >= 4 is 5.97 Å². The number of nitrogens with zero attached hydrogens (tertiary/aromatic N) is 1. The maximum Gasteiger partial charge on any atom is 0.337 e. The summed E-state index contributed by atoms with van der Waals surface area (Å²) < 4.78 is 10.1. The topological polar surface area (TPSA) is 118 Å². The van der Waals surface area contributed by atoms with Gasteiger partial charge in [0.1, 0.15) is 17.4 Å². The van der Waals surface area contributed by atoms with Crippen molar-refractivity contribution in [1.29, 1.82) is 5.26 Å². The average Bonchev–Trinajstić information content (AvgIpc) is 2.59. The number of allylic oxidation sites excluding steroid dienone is 1. The number of hydrogen-bond acceptors (Lipinski definition) is 6. The van der Waals surface area contributed by atoms with Crippen LogP contribution < -0.4 is 16.0 Å². The van der Waals surface area contributed by atoms with Crippen LogP contribution in [0.25, 0.3) is 0 Å². The Labute approximate surface area is 143 Å². The molecular formula is C18H15N3O4. The molecule has 0 aliphatic carbocycles. The number of benzene rings is 1. The lowest BCUT2D eigenvalue weighted by molar-refractivity contribution is 0.0600. The number of hydrogen-bond donors (Lipinski definition) is 2. The molecule has 2 aromatic rings. The van der Waals surface area contributed by atoms with Crippen LogP contribution in [0.3, 0.4) is 0 Å². The van der Waals surface area contributed by atoms with Crippen LogP contribution in [0.5, 0.6) is 5.75 Å². The van der Waals surface area contributed by atoms with Gasteiger partial charge < -0.3 is 20.2 Å². The van der Waals surface area contributed by atoms with E-state index in [0.717, 1.165) is 0 Å². The van der Waals surface area contributed by atoms with E-state index >= 15 is 0 Å². The fraction of sp³-hybridized carbons (Fsp3) is 0.167. The molecule has 0 amide bonds. The summed E-state index contributed by atoms with van der Waals surface area (Å²) in [5.74, 6) is -0.866. The molecule has 2 heterocycles. The second kappa shape index (κ2) is 6.17. The van der Waals surface area contributed by atoms with Crippen LogP contribution in [-0.2, 0) is 4.74 Å². The summed E-state index contributed by atoms with van der Waals surface area (Å²) in [7, 11) is 1.30. The Hall–Kier alpha value is -3.53. The van der Waals surface area contributed by atoms with Gasteiger partial charge >= 0.3 is 5.97 Å². The third-order valence-electron chi connectivity index (χ3n) is 4.02. The molecule has 1 aromatic carbocycles. The molecule has 0 bridgehead atoms. The van der Waals surface area contributed by atoms with Crippen LogP contribution >= 0.6 is 0 Å². The molecule has 0 saturated heterocycles. The molecule has 1 aliphatic rings. The Kier molecular flexibility index (Phi) is 4.03. The number of methoxy groups -OCH3 is 1. The molecule has 7 nitrogen and oxygen atoms in total. The molecule has 3 N–H and O–H groups in total. The van der Waals surface area contributed by atoms with Gasteiger partial charge in [-0.3, -0.25) is 4.79 Å². The van der Waals surface area contributed by atoms with Crippen LogP contribution in [0.15, 0.2) is 46.6 Å². The number of aromatic amines is 1. The lowest BCUT2D eigenvalue weighted by Gasteiger charge is -2.25. The van der Waals surface area contributed by atoms with E-state index in [9.17, 15) is 14.9 Å². The number of nitrogens with one attached hydrogen (secondary N) is 1. The van der Waals surface area contributed by atoms with Gasteiger partial charge in [0.25, 0.3) is 5.56 Å². The fourth-order valence-corrected chi connectivity index (χ4v) is 2.87. The van der Waals surface area contributed by atoms with Crippen molar-refractivity contribution < 1.29 is 14.3 Å². The minimum atomic E-state index is -0.676. The molecule has 3 rings (SSSR count). The van der Waals surface area contributed by atoms with Crippen molar-refractivity contribution in [2.75, 3.05) is 7.11 Å². The first-order valence-corrected chi connectivity index (χ1v) is 7.46. The van der Waals surface area contributed by atoms with Gasteiger partial charge in [-0.25, -0.2) is 4.79 Å². The first-order valence-electron chi connectivity index (χ1n) is 7.46. The zero-order valence-corrected chi connectivity index (χ0v) is 13.6. The van der Waals surface area contributed by atoms with E-state index < -0.39 is 11.9 Å². The second-order valence-electron chi connectivity index (χ2n) is 5.60. The fourth-order valence-electron chi connectivity index (χ4n) is 2.87. The molecule has 0 unspecified atom stereocenters. The van der Waals surface area contributed by atoms with Gasteiger partial charge in [-0.1, -0.05) is 12.1 Å². The molecule has 0 radical (unpaired) electrons. The highest BCUT2D eigenvalue weighted by Crippen LogP contribution is 2.40. The number of fused-ring (bicyclic) bond motifs is 1. The van der Waals surface area contributed by atoms with Gasteiger partial charge in [0.2, 0.25) is 5.88 Å². The number of nitrogens with two attached hydrogens (primary N) is 1. The SMILES string of the molecule is COC(=O)c1ccc([C@H]2C(C#N)=C(N)Oc3cc(C)[nH]c(=O)c32)cc1. The number of H-pyrrole nitrogens is 1. The molecule has 25 heavy (non-hydrogen) atoms. The highest BCUT2D eigenvalue weighted by atomic mass is 16.5. The molecule has 1 aromatic heterocycles. The third kappa shape index (κ3) is 2.74. The number of carbonyl (C=O) groups excluding carboxylic acids is 1. The first kappa shape index (κ1) is 16.3. The Balaban J connectivity index is 2.19. The lowest BCUT2D eigenvalue weighted by Crippen LogP contribution is -2.28. The van der Waals surface area contributed by atoms with Crippen LogP contribution in [-0.4, -0.2) is 18.1 Å². The normalized spacial score (nSPS) is 15.8. The van der Waals surface area contributed by atoms with Gasteiger partial charge in [-0.15, -0.1) is 0 Å². The zero-order chi connectivity index (χ0) is 18.1. The average molecular weight is 337 g/mol. The standard InChI is InChI=1S/C18H15N3O4/c1-9-7-13-15(17(22)21-9)14(12(8-19)16(20)25-13)10-3-5-11(6-4-10)18(23)24-2/h3-7,14H,20H2,1-2H3,(H,21,22)/t14-/m0/s1. The Morgan fingerprint density at radius 2 is 2.04 bits per heavy atom. The summed E-state index contributed by atoms with van der Waals surface area (Å²) in [5.41, 5.74) is 7.62. The van der Waals surface area contributed by atoms with E-state index in [1.54, 1.807) is 37.3 Å². The summed E-state index contributed by atoms with van der Waals surface area (Å²) in [5, 5.41) is 9.49. The minimum Gasteiger partial charge on any atom is -0.465 e. The predicted octanol–water partition coefficient (Wildman–Crippen LogP) is 1.69. The Bertz CT molecular complexity index is 981.